The number of nitrogens with one attached hydrogen (secondary N) is 6. The predicted molar refractivity (Wildman–Crippen MR) is 409 cm³/mol. The van der Waals surface area contributed by atoms with Crippen LogP contribution in [-0.2, 0) is 57.0 Å². The van der Waals surface area contributed by atoms with E-state index in [2.05, 4.69) is 263 Å². The zero-order valence-corrected chi connectivity index (χ0v) is 63.5. The number of aryl methyl sites for hydroxylation is 6. The van der Waals surface area contributed by atoms with Crippen molar-refractivity contribution in [2.75, 3.05) is 144 Å². The van der Waals surface area contributed by atoms with Crippen LogP contribution in [0.15, 0.2) is 177 Å². The highest BCUT2D eigenvalue weighted by molar-refractivity contribution is 5.26. The number of ether oxygens (including phenoxy) is 1. The average molecular weight is 1310 g/mol. The molecule has 0 saturated carbocycles. The normalized spacial score (nSPS) is 13.8. The molecule has 3 aliphatic heterocycles. The Labute approximate surface area is 579 Å². The van der Waals surface area contributed by atoms with Crippen LogP contribution in [-0.4, -0.2) is 175 Å². The zero-order valence-electron chi connectivity index (χ0n) is 63.5. The first-order chi connectivity index (χ1) is 45.6. The van der Waals surface area contributed by atoms with Gasteiger partial charge in [0.05, 0.1) is 38.8 Å². The number of benzene rings is 4. The summed E-state index contributed by atoms with van der Waals surface area (Å²) in [4.78, 5) is 11.2. The number of hydrogen-bond donors (Lipinski definition) is 6. The van der Waals surface area contributed by atoms with E-state index in [0.29, 0.717) is 6.04 Å². The third-order valence-corrected chi connectivity index (χ3v) is 14.7. The highest BCUT2D eigenvalue weighted by Gasteiger charge is 2.08. The Bertz CT molecular complexity index is 2860. The molecule has 1 atom stereocenters. The van der Waals surface area contributed by atoms with Crippen molar-refractivity contribution in [1.82, 2.24) is 56.4 Å². The summed E-state index contributed by atoms with van der Waals surface area (Å²) in [5.74, 6) is 3.99. The number of nitrogens with zero attached hydrogens (tertiary/aromatic N) is 5. The summed E-state index contributed by atoms with van der Waals surface area (Å²) in [6, 6.07) is 44.7. The second kappa shape index (κ2) is 57.9. The van der Waals surface area contributed by atoms with E-state index in [9.17, 15) is 0 Å². The van der Waals surface area contributed by atoms with Crippen molar-refractivity contribution < 1.29 is 18.0 Å². The van der Waals surface area contributed by atoms with Crippen LogP contribution in [0.3, 0.4) is 0 Å². The summed E-state index contributed by atoms with van der Waals surface area (Å²) in [7, 11) is 26.3. The Morgan fingerprint density at radius 2 is 1.12 bits per heavy atom. The van der Waals surface area contributed by atoms with Gasteiger partial charge in [0, 0.05) is 71.6 Å². The third kappa shape index (κ3) is 49.0. The molecule has 10 rings (SSSR count). The molecule has 0 aliphatic carbocycles. The molecule has 532 valence electrons. The van der Waals surface area contributed by atoms with E-state index in [-0.39, 0.29) is 0 Å². The molecule has 3 aromatic heterocycles. The van der Waals surface area contributed by atoms with Gasteiger partial charge in [-0.25, -0.2) is 0 Å². The third-order valence-electron chi connectivity index (χ3n) is 14.7. The molecule has 1 saturated heterocycles. The topological polar surface area (TPSA) is 137 Å². The molecule has 0 spiro atoms. The van der Waals surface area contributed by atoms with Crippen LogP contribution in [0.4, 0.5) is 0 Å². The van der Waals surface area contributed by atoms with Crippen LogP contribution >= 0.6 is 0 Å². The molecule has 15 nitrogen and oxygen atoms in total. The van der Waals surface area contributed by atoms with Gasteiger partial charge in [0.1, 0.15) is 23.0 Å². The quantitative estimate of drug-likeness (QED) is 0.0512. The van der Waals surface area contributed by atoms with Gasteiger partial charge in [-0.3, -0.25) is 9.80 Å². The Morgan fingerprint density at radius 1 is 0.516 bits per heavy atom. The van der Waals surface area contributed by atoms with E-state index >= 15 is 0 Å². The first-order valence-corrected chi connectivity index (χ1v) is 34.1. The summed E-state index contributed by atoms with van der Waals surface area (Å²) >= 11 is 0. The van der Waals surface area contributed by atoms with Crippen molar-refractivity contribution in [3.05, 3.63) is 237 Å². The lowest BCUT2D eigenvalue weighted by Crippen LogP contribution is -2.21. The van der Waals surface area contributed by atoms with Crippen molar-refractivity contribution in [1.29, 1.82) is 0 Å². The fourth-order valence-corrected chi connectivity index (χ4v) is 8.80. The van der Waals surface area contributed by atoms with Crippen molar-refractivity contribution in [2.24, 2.45) is 0 Å². The van der Waals surface area contributed by atoms with E-state index in [1.54, 1.807) is 12.5 Å². The molecule has 0 amide bonds. The number of likely N-dealkylation sites (N-methyl/N-ethyl adjacent to an activating group) is 3. The van der Waals surface area contributed by atoms with Crippen molar-refractivity contribution in [3.63, 3.8) is 0 Å². The summed E-state index contributed by atoms with van der Waals surface area (Å²) < 4.78 is 20.8. The van der Waals surface area contributed by atoms with Gasteiger partial charge in [-0.05, 0) is 228 Å². The van der Waals surface area contributed by atoms with Crippen LogP contribution in [0, 0.1) is 34.6 Å². The van der Waals surface area contributed by atoms with Gasteiger partial charge < -0.3 is 64.6 Å². The Kier molecular flexibility index (Phi) is 54.1. The van der Waals surface area contributed by atoms with E-state index in [1.807, 2.05) is 93.4 Å². The Morgan fingerprint density at radius 3 is 1.57 bits per heavy atom. The van der Waals surface area contributed by atoms with Gasteiger partial charge in [-0.15, -0.1) is 0 Å². The molecule has 1 unspecified atom stereocenters. The van der Waals surface area contributed by atoms with Crippen molar-refractivity contribution >= 4 is 0 Å². The minimum Gasteiger partial charge on any atom is -0.468 e. The van der Waals surface area contributed by atoms with Crippen LogP contribution in [0.1, 0.15) is 107 Å². The van der Waals surface area contributed by atoms with Crippen LogP contribution in [0.25, 0.3) is 0 Å². The molecule has 6 N–H and O–H groups in total. The lowest BCUT2D eigenvalue weighted by molar-refractivity contribution is 0.144. The predicted octanol–water partition coefficient (Wildman–Crippen LogP) is 13.7. The second-order valence-electron chi connectivity index (χ2n) is 24.6. The largest absolute Gasteiger partial charge is 0.468 e. The van der Waals surface area contributed by atoms with Crippen molar-refractivity contribution in [3.8, 4) is 0 Å². The van der Waals surface area contributed by atoms with Crippen LogP contribution in [0.5, 0.6) is 0 Å². The smallest absolute Gasteiger partial charge is 0.120 e. The summed E-state index contributed by atoms with van der Waals surface area (Å²) in [5, 5.41) is 18.4. The first kappa shape index (κ1) is 88.7. The molecule has 95 heavy (non-hydrogen) atoms. The molecular formula is C80H133N11O4. The minimum absolute atomic E-state index is 0.667. The van der Waals surface area contributed by atoms with E-state index in [1.165, 1.54) is 75.2 Å². The molecule has 0 radical (unpaired) electrons. The maximum atomic E-state index is 5.26. The zero-order chi connectivity index (χ0) is 71.0. The highest BCUT2D eigenvalue weighted by Crippen LogP contribution is 2.10. The monoisotopic (exact) mass is 1310 g/mol. The molecule has 3 aliphatic rings. The van der Waals surface area contributed by atoms with Gasteiger partial charge in [0.2, 0.25) is 0 Å². The maximum absolute atomic E-state index is 5.26. The van der Waals surface area contributed by atoms with E-state index in [4.69, 9.17) is 18.0 Å². The summed E-state index contributed by atoms with van der Waals surface area (Å²) in [6.45, 7) is 34.0. The molecule has 4 aromatic carbocycles. The Balaban J connectivity index is 0.00000103. The van der Waals surface area contributed by atoms with Crippen LogP contribution in [0.2, 0.25) is 0 Å². The number of hydrogen-bond acceptors (Lipinski definition) is 15. The second-order valence-corrected chi connectivity index (χ2v) is 24.6. The Hall–Kier alpha value is -6.28. The van der Waals surface area contributed by atoms with E-state index in [0.717, 1.165) is 115 Å². The maximum Gasteiger partial charge on any atom is 0.120 e. The van der Waals surface area contributed by atoms with Gasteiger partial charge in [0.25, 0.3) is 0 Å². The van der Waals surface area contributed by atoms with Gasteiger partial charge in [-0.2, -0.15) is 0 Å². The van der Waals surface area contributed by atoms with Crippen molar-refractivity contribution in [2.45, 2.75) is 127 Å². The van der Waals surface area contributed by atoms with Gasteiger partial charge in [-0.1, -0.05) is 146 Å². The molecule has 0 bridgehead atoms. The minimum atomic E-state index is 0.667. The average Bonchev–Trinajstić information content (AvgIpc) is 3.65. The van der Waals surface area contributed by atoms with Crippen LogP contribution < -0.4 is 31.9 Å². The van der Waals surface area contributed by atoms with E-state index < -0.39 is 0 Å². The summed E-state index contributed by atoms with van der Waals surface area (Å²) in [6.07, 6.45) is 12.5. The highest BCUT2D eigenvalue weighted by atomic mass is 16.5. The molecular weight excluding hydrogens is 1180 g/mol. The SMILES string of the molecule is CC1=CCN(C)C1.CC1C=CCN1C.CCN(C)C.CCc1ccc(CNC)cc1.CN(C)Cc1ccccc1.CN1CCCOCC1.CNCc1cc(C)co1.CNCc1ccc(C)o1.CNCc1cccc(C)c1.CNCc1ccccc1C.CNCc1occc1C. The standard InChI is InChI=1S/C10H15N.3C9H13N.3C7H11NO.C6H13NO.2C6H11N.C4H11N/c1-3-9-4-6-10(7-5-9)8-11-2;1-8-4-3-5-9(6-8)7-10-2;1-8-5-3-4-6-9(8)7-10-2;1-10(2)8-9-6-4-3-5-7-9;1-6-3-7(4-8-2)9-5-6;1-6-3-4-9-7(6)5-8-2;1-6-3-4-7(9-6)5-8-2;1-7-3-2-5-8-6-4-7;1-6-3-4-7(2)5-6;1-6-4-3-5-7(6)2;1-4-5(2)3/h4-7,11H,3,8H2,1-2H3;2*3-6,10H,7H2,1-2H3;3-7H,8H2,1-2H3;3,5,8H,4H2,1-2H3;2*3-4,8H,5H2,1-2H3;2-6H2,1H3;3H,4-5H2,1-2H3;3-4,6H,5H2,1-2H3;4H2,1-3H3. The number of furan rings is 3. The fourth-order valence-electron chi connectivity index (χ4n) is 8.80. The lowest BCUT2D eigenvalue weighted by atomic mass is 10.1. The van der Waals surface area contributed by atoms with Gasteiger partial charge >= 0.3 is 0 Å². The molecule has 1 fully saturated rings. The molecule has 15 heteroatoms. The fraction of sp³-hybridized carbons (Fsp3) is 0.500. The number of rotatable bonds is 16. The lowest BCUT2D eigenvalue weighted by Gasteiger charge is -2.12. The molecule has 7 aromatic rings. The van der Waals surface area contributed by atoms with Gasteiger partial charge in [0.15, 0.2) is 0 Å². The first-order valence-electron chi connectivity index (χ1n) is 34.1. The summed E-state index contributed by atoms with van der Waals surface area (Å²) in [5.41, 5.74) is 13.4. The molecule has 6 heterocycles.